The average molecular weight is 330 g/mol. The largest absolute Gasteiger partial charge is 0.494 e. The van der Waals surface area contributed by atoms with Gasteiger partial charge in [-0.05, 0) is 44.9 Å². The van der Waals surface area contributed by atoms with E-state index in [1.54, 1.807) is 38.1 Å². The van der Waals surface area contributed by atoms with Gasteiger partial charge in [0.05, 0.1) is 12.0 Å². The summed E-state index contributed by atoms with van der Waals surface area (Å²) in [4.78, 5) is 11.8. The maximum atomic E-state index is 13.5. The number of carbonyl (C=O) groups is 1. The van der Waals surface area contributed by atoms with Crippen molar-refractivity contribution in [3.63, 3.8) is 0 Å². The Kier molecular flexibility index (Phi) is 4.89. The molecule has 0 bridgehead atoms. The number of hydrogen-bond acceptors (Lipinski definition) is 3. The molecule has 1 aliphatic heterocycles. The molecule has 1 unspecified atom stereocenters. The Labute approximate surface area is 133 Å². The maximum absolute atomic E-state index is 13.5. The first-order chi connectivity index (χ1) is 10.6. The van der Waals surface area contributed by atoms with E-state index in [2.05, 4.69) is 5.43 Å². The second-order valence-corrected chi connectivity index (χ2v) is 6.29. The molecule has 1 N–H and O–H groups in total. The average Bonchev–Trinajstić information content (AvgIpc) is 2.69. The highest BCUT2D eigenvalue weighted by Gasteiger charge is 2.50. The molecule has 2 rings (SSSR count). The van der Waals surface area contributed by atoms with Crippen LogP contribution in [-0.4, -0.2) is 36.3 Å². The molecule has 0 radical (unpaired) electrons. The molecular formula is C16H21F3N2O2. The van der Waals surface area contributed by atoms with Gasteiger partial charge in [-0.2, -0.15) is 13.2 Å². The van der Waals surface area contributed by atoms with Gasteiger partial charge in [0.15, 0.2) is 0 Å². The molecule has 128 valence electrons. The monoisotopic (exact) mass is 330 g/mol. The first kappa shape index (κ1) is 17.6. The van der Waals surface area contributed by atoms with Gasteiger partial charge in [0, 0.05) is 6.54 Å². The Bertz CT molecular complexity index is 573. The molecule has 1 heterocycles. The lowest BCUT2D eigenvalue weighted by Gasteiger charge is -2.29. The van der Waals surface area contributed by atoms with Crippen molar-refractivity contribution in [3.05, 3.63) is 29.8 Å². The predicted molar refractivity (Wildman–Crippen MR) is 79.8 cm³/mol. The highest BCUT2D eigenvalue weighted by Crippen LogP contribution is 2.33. The quantitative estimate of drug-likeness (QED) is 0.902. The summed E-state index contributed by atoms with van der Waals surface area (Å²) in [6.07, 6.45) is -4.70. The third-order valence-corrected chi connectivity index (χ3v) is 3.82. The number of carbonyl (C=O) groups excluding carboxylic acids is 1. The van der Waals surface area contributed by atoms with Crippen LogP contribution in [0.15, 0.2) is 24.3 Å². The van der Waals surface area contributed by atoms with Crippen LogP contribution in [0, 0.1) is 5.41 Å². The zero-order valence-corrected chi connectivity index (χ0v) is 13.4. The van der Waals surface area contributed by atoms with Crippen LogP contribution >= 0.6 is 0 Å². The molecule has 0 spiro atoms. The van der Waals surface area contributed by atoms with Crippen molar-refractivity contribution < 1.29 is 22.7 Å². The Balaban J connectivity index is 2.21. The fraction of sp³-hybridized carbons (Fsp3) is 0.562. The molecule has 1 atom stereocenters. The normalized spacial score (nSPS) is 19.5. The van der Waals surface area contributed by atoms with E-state index in [1.807, 2.05) is 6.92 Å². The van der Waals surface area contributed by atoms with Crippen LogP contribution in [0.4, 0.5) is 13.2 Å². The predicted octanol–water partition coefficient (Wildman–Crippen LogP) is 2.93. The van der Waals surface area contributed by atoms with Crippen LogP contribution in [0.2, 0.25) is 0 Å². The first-order valence-corrected chi connectivity index (χ1v) is 7.49. The van der Waals surface area contributed by atoms with Crippen LogP contribution in [0.5, 0.6) is 5.75 Å². The highest BCUT2D eigenvalue weighted by atomic mass is 19.4. The minimum Gasteiger partial charge on any atom is -0.494 e. The van der Waals surface area contributed by atoms with Gasteiger partial charge in [-0.25, -0.2) is 5.01 Å². The molecule has 1 saturated heterocycles. The number of nitrogens with one attached hydrogen (secondary N) is 1. The summed E-state index contributed by atoms with van der Waals surface area (Å²) in [5, 5.41) is 0.996. The molecule has 1 amide bonds. The molecule has 23 heavy (non-hydrogen) atoms. The minimum atomic E-state index is -4.45. The Morgan fingerprint density at radius 3 is 2.61 bits per heavy atom. The third-order valence-electron chi connectivity index (χ3n) is 3.82. The van der Waals surface area contributed by atoms with Gasteiger partial charge in [0.2, 0.25) is 5.91 Å². The molecule has 1 aromatic carbocycles. The summed E-state index contributed by atoms with van der Waals surface area (Å²) >= 11 is 0. The van der Waals surface area contributed by atoms with Gasteiger partial charge < -0.3 is 4.74 Å². The number of alkyl halides is 3. The number of halogens is 3. The molecule has 1 aromatic rings. The van der Waals surface area contributed by atoms with Crippen molar-refractivity contribution in [1.82, 2.24) is 10.4 Å². The Morgan fingerprint density at radius 2 is 2.09 bits per heavy atom. The smallest absolute Gasteiger partial charge is 0.406 e. The van der Waals surface area contributed by atoms with Crippen LogP contribution < -0.4 is 10.2 Å². The zero-order chi connectivity index (χ0) is 17.3. The highest BCUT2D eigenvalue weighted by molar-refractivity contribution is 5.83. The Morgan fingerprint density at radius 1 is 1.39 bits per heavy atom. The molecular weight excluding hydrogens is 309 g/mol. The van der Waals surface area contributed by atoms with Gasteiger partial charge in [-0.15, -0.1) is 0 Å². The lowest BCUT2D eigenvalue weighted by atomic mass is 9.94. The van der Waals surface area contributed by atoms with Crippen LogP contribution in [0.1, 0.15) is 26.3 Å². The fourth-order valence-electron chi connectivity index (χ4n) is 2.56. The topological polar surface area (TPSA) is 41.6 Å². The fourth-order valence-corrected chi connectivity index (χ4v) is 2.56. The number of rotatable bonds is 5. The van der Waals surface area contributed by atoms with Crippen LogP contribution in [0.25, 0.3) is 0 Å². The zero-order valence-electron chi connectivity index (χ0n) is 13.4. The summed E-state index contributed by atoms with van der Waals surface area (Å²) in [6, 6.07) is 4.83. The second-order valence-electron chi connectivity index (χ2n) is 6.29. The van der Waals surface area contributed by atoms with Gasteiger partial charge >= 0.3 is 6.18 Å². The number of ether oxygens (including phenoxy) is 1. The lowest BCUT2D eigenvalue weighted by Crippen LogP contribution is -2.51. The van der Waals surface area contributed by atoms with E-state index < -0.39 is 23.5 Å². The standard InChI is InChI=1S/C16H21F3N2O2/c1-4-23-12-7-5-6-11(8-12)9-13(16(17,18)19)21-10-15(2,3)14(22)20-21/h5-8,13H,4,9-10H2,1-3H3,(H,20,22). The summed E-state index contributed by atoms with van der Waals surface area (Å²) in [6.45, 7) is 5.54. The van der Waals surface area contributed by atoms with E-state index in [0.29, 0.717) is 17.9 Å². The van der Waals surface area contributed by atoms with Crippen molar-refractivity contribution in [1.29, 1.82) is 0 Å². The van der Waals surface area contributed by atoms with Gasteiger partial charge in [-0.3, -0.25) is 10.2 Å². The van der Waals surface area contributed by atoms with E-state index in [-0.39, 0.29) is 13.0 Å². The van der Waals surface area contributed by atoms with Crippen LogP contribution in [0.3, 0.4) is 0 Å². The van der Waals surface area contributed by atoms with Gasteiger partial charge in [0.25, 0.3) is 0 Å². The molecule has 4 nitrogen and oxygen atoms in total. The van der Waals surface area contributed by atoms with Crippen molar-refractivity contribution >= 4 is 5.91 Å². The van der Waals surface area contributed by atoms with Crippen molar-refractivity contribution in [2.24, 2.45) is 5.41 Å². The van der Waals surface area contributed by atoms with E-state index in [0.717, 1.165) is 5.01 Å². The molecule has 1 fully saturated rings. The van der Waals surface area contributed by atoms with E-state index in [1.165, 1.54) is 0 Å². The molecule has 7 heteroatoms. The molecule has 0 aromatic heterocycles. The number of hydrazine groups is 1. The summed E-state index contributed by atoms with van der Waals surface area (Å²) < 4.78 is 45.7. The van der Waals surface area contributed by atoms with Crippen molar-refractivity contribution in [3.8, 4) is 5.75 Å². The maximum Gasteiger partial charge on any atom is 0.406 e. The third kappa shape index (κ3) is 4.16. The number of hydrogen-bond donors (Lipinski definition) is 1. The minimum absolute atomic E-state index is 0.0150. The molecule has 1 aliphatic rings. The molecule has 0 saturated carbocycles. The van der Waals surface area contributed by atoms with Gasteiger partial charge in [-0.1, -0.05) is 12.1 Å². The first-order valence-electron chi connectivity index (χ1n) is 7.49. The van der Waals surface area contributed by atoms with Crippen molar-refractivity contribution in [2.75, 3.05) is 13.2 Å². The Hall–Kier alpha value is -1.76. The van der Waals surface area contributed by atoms with E-state index in [4.69, 9.17) is 4.74 Å². The number of amides is 1. The van der Waals surface area contributed by atoms with Crippen molar-refractivity contribution in [2.45, 2.75) is 39.4 Å². The number of benzene rings is 1. The lowest BCUT2D eigenvalue weighted by molar-refractivity contribution is -0.188. The number of nitrogens with zero attached hydrogens (tertiary/aromatic N) is 1. The van der Waals surface area contributed by atoms with E-state index in [9.17, 15) is 18.0 Å². The molecule has 0 aliphatic carbocycles. The van der Waals surface area contributed by atoms with Gasteiger partial charge in [0.1, 0.15) is 11.8 Å². The summed E-state index contributed by atoms with van der Waals surface area (Å²) in [5.74, 6) is 0.145. The summed E-state index contributed by atoms with van der Waals surface area (Å²) in [7, 11) is 0. The second kappa shape index (κ2) is 6.39. The van der Waals surface area contributed by atoms with Crippen LogP contribution in [-0.2, 0) is 11.2 Å². The summed E-state index contributed by atoms with van der Waals surface area (Å²) in [5.41, 5.74) is 2.03. The van der Waals surface area contributed by atoms with E-state index >= 15 is 0 Å². The SMILES string of the molecule is CCOc1cccc(CC(N2CC(C)(C)C(=O)N2)C(F)(F)F)c1.